The molecule has 0 aliphatic carbocycles. The topological polar surface area (TPSA) is 67.9 Å². The van der Waals surface area contributed by atoms with Gasteiger partial charge in [0.25, 0.3) is 0 Å². The molecule has 0 spiro atoms. The maximum absolute atomic E-state index is 13.3. The summed E-state index contributed by atoms with van der Waals surface area (Å²) in [7, 11) is 1.56. The first-order valence-corrected chi connectivity index (χ1v) is 10.5. The van der Waals surface area contributed by atoms with E-state index in [9.17, 15) is 9.59 Å². The smallest absolute Gasteiger partial charge is 0.411 e. The van der Waals surface area contributed by atoms with Gasteiger partial charge in [0.1, 0.15) is 18.4 Å². The van der Waals surface area contributed by atoms with Gasteiger partial charge in [-0.2, -0.15) is 0 Å². The highest BCUT2D eigenvalue weighted by atomic mass is 16.6. The van der Waals surface area contributed by atoms with E-state index >= 15 is 0 Å². The third kappa shape index (κ3) is 4.75. The number of hydrogen-bond donors (Lipinski definition) is 1. The fourth-order valence-electron chi connectivity index (χ4n) is 3.89. The minimum atomic E-state index is -0.696. The molecule has 2 amide bonds. The molecular weight excluding hydrogens is 404 g/mol. The van der Waals surface area contributed by atoms with E-state index in [4.69, 9.17) is 9.47 Å². The maximum atomic E-state index is 13.3. The van der Waals surface area contributed by atoms with Crippen LogP contribution in [0.1, 0.15) is 22.3 Å². The molecule has 0 bridgehead atoms. The number of carbonyl (C=O) groups is 2. The number of ether oxygens (including phenoxy) is 2. The number of nitrogens with one attached hydrogen (secondary N) is 1. The Bertz CT molecular complexity index is 1110. The summed E-state index contributed by atoms with van der Waals surface area (Å²) < 4.78 is 10.9. The van der Waals surface area contributed by atoms with Crippen molar-refractivity contribution in [1.82, 2.24) is 4.90 Å². The fraction of sp³-hybridized carbons (Fsp3) is 0.231. The molecule has 0 aromatic heterocycles. The second kappa shape index (κ2) is 9.56. The molecule has 3 aromatic carbocycles. The lowest BCUT2D eigenvalue weighted by Crippen LogP contribution is -2.50. The third-order valence-electron chi connectivity index (χ3n) is 5.60. The molecule has 164 valence electrons. The number of nitrogens with zero attached hydrogens (tertiary/aromatic N) is 1. The molecule has 6 heteroatoms. The quantitative estimate of drug-likeness (QED) is 0.637. The zero-order valence-corrected chi connectivity index (χ0v) is 18.2. The summed E-state index contributed by atoms with van der Waals surface area (Å²) in [6.07, 6.45) is -0.101. The van der Waals surface area contributed by atoms with Crippen molar-refractivity contribution in [2.45, 2.75) is 32.5 Å². The molecule has 1 aliphatic rings. The predicted molar refractivity (Wildman–Crippen MR) is 122 cm³/mol. The Morgan fingerprint density at radius 2 is 1.72 bits per heavy atom. The first-order chi connectivity index (χ1) is 15.5. The maximum Gasteiger partial charge on any atom is 0.411 e. The number of hydrogen-bond acceptors (Lipinski definition) is 4. The summed E-state index contributed by atoms with van der Waals surface area (Å²) in [5, 5.41) is 2.95. The monoisotopic (exact) mass is 430 g/mol. The normalized spacial score (nSPS) is 14.9. The zero-order chi connectivity index (χ0) is 22.5. The van der Waals surface area contributed by atoms with Crippen LogP contribution in [0.2, 0.25) is 0 Å². The van der Waals surface area contributed by atoms with Crippen LogP contribution in [0.5, 0.6) is 5.75 Å². The van der Waals surface area contributed by atoms with E-state index in [-0.39, 0.29) is 12.5 Å². The van der Waals surface area contributed by atoms with Gasteiger partial charge in [0, 0.05) is 6.42 Å². The van der Waals surface area contributed by atoms with Gasteiger partial charge in [-0.05, 0) is 41.3 Å². The Morgan fingerprint density at radius 3 is 2.47 bits per heavy atom. The lowest BCUT2D eigenvalue weighted by molar-refractivity contribution is -0.121. The predicted octanol–water partition coefficient (Wildman–Crippen LogP) is 4.71. The number of carbonyl (C=O) groups excluding carboxylic acids is 2. The number of rotatable bonds is 5. The van der Waals surface area contributed by atoms with Crippen LogP contribution in [0.15, 0.2) is 72.8 Å². The number of anilines is 1. The Kier molecular flexibility index (Phi) is 6.40. The Balaban J connectivity index is 1.56. The van der Waals surface area contributed by atoms with Crippen molar-refractivity contribution >= 4 is 17.7 Å². The van der Waals surface area contributed by atoms with Crippen LogP contribution in [0.25, 0.3) is 0 Å². The average Bonchev–Trinajstić information content (AvgIpc) is 2.82. The van der Waals surface area contributed by atoms with Crippen molar-refractivity contribution in [3.05, 3.63) is 95.1 Å². The molecule has 1 aliphatic heterocycles. The van der Waals surface area contributed by atoms with Crippen LogP contribution in [-0.4, -0.2) is 30.1 Å². The molecular formula is C26H26N2O4. The largest absolute Gasteiger partial charge is 0.495 e. The SMILES string of the molecule is COc1ccc(C)cc1NC(=O)[C@H]1Cc2ccccc2CN1C(=O)OCc1ccccc1. The summed E-state index contributed by atoms with van der Waals surface area (Å²) in [6, 6.07) is 22.2. The van der Waals surface area contributed by atoms with Crippen molar-refractivity contribution in [3.8, 4) is 5.75 Å². The molecule has 0 saturated heterocycles. The van der Waals surface area contributed by atoms with E-state index in [1.807, 2.05) is 79.7 Å². The average molecular weight is 431 g/mol. The Hall–Kier alpha value is -3.80. The molecule has 1 heterocycles. The zero-order valence-electron chi connectivity index (χ0n) is 18.2. The molecule has 1 N–H and O–H groups in total. The lowest BCUT2D eigenvalue weighted by Gasteiger charge is -2.35. The van der Waals surface area contributed by atoms with E-state index in [1.165, 1.54) is 4.90 Å². The van der Waals surface area contributed by atoms with Crippen LogP contribution in [0, 0.1) is 6.92 Å². The number of methoxy groups -OCH3 is 1. The molecule has 0 unspecified atom stereocenters. The highest BCUT2D eigenvalue weighted by Crippen LogP contribution is 2.28. The van der Waals surface area contributed by atoms with Gasteiger partial charge in [0.05, 0.1) is 19.3 Å². The summed E-state index contributed by atoms with van der Waals surface area (Å²) in [6.45, 7) is 2.41. The van der Waals surface area contributed by atoms with Gasteiger partial charge in [0.2, 0.25) is 5.91 Å². The summed E-state index contributed by atoms with van der Waals surface area (Å²) in [5.41, 5.74) is 4.53. The van der Waals surface area contributed by atoms with Crippen molar-refractivity contribution in [2.75, 3.05) is 12.4 Å². The van der Waals surface area contributed by atoms with Crippen LogP contribution in [-0.2, 0) is 29.1 Å². The van der Waals surface area contributed by atoms with E-state index in [1.54, 1.807) is 7.11 Å². The lowest BCUT2D eigenvalue weighted by atomic mass is 9.93. The van der Waals surface area contributed by atoms with E-state index < -0.39 is 12.1 Å². The van der Waals surface area contributed by atoms with Crippen LogP contribution < -0.4 is 10.1 Å². The van der Waals surface area contributed by atoms with Crippen LogP contribution in [0.3, 0.4) is 0 Å². The van der Waals surface area contributed by atoms with Crippen molar-refractivity contribution < 1.29 is 19.1 Å². The molecule has 32 heavy (non-hydrogen) atoms. The van der Waals surface area contributed by atoms with E-state index in [2.05, 4.69) is 5.32 Å². The number of amides is 2. The molecule has 0 radical (unpaired) electrons. The van der Waals surface area contributed by atoms with E-state index in [0.29, 0.717) is 24.4 Å². The van der Waals surface area contributed by atoms with Gasteiger partial charge >= 0.3 is 6.09 Å². The van der Waals surface area contributed by atoms with Crippen molar-refractivity contribution in [1.29, 1.82) is 0 Å². The number of fused-ring (bicyclic) bond motifs is 1. The molecule has 6 nitrogen and oxygen atoms in total. The Labute approximate surface area is 187 Å². The van der Waals surface area contributed by atoms with Gasteiger partial charge in [-0.25, -0.2) is 4.79 Å². The van der Waals surface area contributed by atoms with Gasteiger partial charge in [-0.3, -0.25) is 9.69 Å². The first kappa shape index (κ1) is 21.4. The second-order valence-corrected chi connectivity index (χ2v) is 7.85. The summed E-state index contributed by atoms with van der Waals surface area (Å²) in [5.74, 6) is 0.290. The van der Waals surface area contributed by atoms with Crippen molar-refractivity contribution in [3.63, 3.8) is 0 Å². The highest BCUT2D eigenvalue weighted by Gasteiger charge is 2.36. The number of aryl methyl sites for hydroxylation is 1. The summed E-state index contributed by atoms with van der Waals surface area (Å²) in [4.78, 5) is 27.9. The standard InChI is InChI=1S/C26H26N2O4/c1-18-12-13-24(31-2)22(14-18)27-25(29)23-15-20-10-6-7-11-21(20)16-28(23)26(30)32-17-19-8-4-3-5-9-19/h3-14,23H,15-17H2,1-2H3,(H,27,29)/t23-/m1/s1. The first-order valence-electron chi connectivity index (χ1n) is 10.5. The van der Waals surface area contributed by atoms with Crippen molar-refractivity contribution in [2.24, 2.45) is 0 Å². The molecule has 0 fully saturated rings. The molecule has 1 atom stereocenters. The second-order valence-electron chi connectivity index (χ2n) is 7.85. The molecule has 0 saturated carbocycles. The van der Waals surface area contributed by atoms with Crippen LogP contribution in [0.4, 0.5) is 10.5 Å². The fourth-order valence-corrected chi connectivity index (χ4v) is 3.89. The minimum absolute atomic E-state index is 0.151. The number of benzene rings is 3. The Morgan fingerprint density at radius 1 is 1.00 bits per heavy atom. The molecule has 3 aromatic rings. The summed E-state index contributed by atoms with van der Waals surface area (Å²) >= 11 is 0. The third-order valence-corrected chi connectivity index (χ3v) is 5.60. The van der Waals surface area contributed by atoms with Gasteiger partial charge in [-0.15, -0.1) is 0 Å². The highest BCUT2D eigenvalue weighted by molar-refractivity contribution is 5.98. The van der Waals surface area contributed by atoms with Crippen LogP contribution >= 0.6 is 0 Å². The minimum Gasteiger partial charge on any atom is -0.495 e. The van der Waals surface area contributed by atoms with Gasteiger partial charge in [-0.1, -0.05) is 60.7 Å². The van der Waals surface area contributed by atoms with E-state index in [0.717, 1.165) is 22.3 Å². The molecule has 4 rings (SSSR count). The van der Waals surface area contributed by atoms with Gasteiger partial charge < -0.3 is 14.8 Å². The van der Waals surface area contributed by atoms with Gasteiger partial charge in [0.15, 0.2) is 0 Å².